The largest absolute Gasteiger partial charge is 0.444 e. The van der Waals surface area contributed by atoms with E-state index < -0.39 is 11.7 Å². The van der Waals surface area contributed by atoms with Gasteiger partial charge >= 0.3 is 6.09 Å². The van der Waals surface area contributed by atoms with Crippen molar-refractivity contribution in [1.82, 2.24) is 20.5 Å². The monoisotopic (exact) mass is 482 g/mol. The van der Waals surface area contributed by atoms with Gasteiger partial charge < -0.3 is 20.3 Å². The molecule has 1 saturated heterocycles. The Hall–Kier alpha value is -2.13. The number of carbonyl (C=O) groups is 2. The Morgan fingerprint density at radius 2 is 2.17 bits per heavy atom. The fraction of sp³-hybridized carbons (Fsp3) is 0.450. The SMILES string of the molecule is C=C/C=C(\C(=C/C)NC(=O)c1csc(Br)n1)N1CC[C@H](NC(=O)OC(C)(C)C)C1. The summed E-state index contributed by atoms with van der Waals surface area (Å²) in [5.74, 6) is -0.280. The minimum absolute atomic E-state index is 0.0404. The second-order valence-electron chi connectivity index (χ2n) is 7.51. The summed E-state index contributed by atoms with van der Waals surface area (Å²) in [7, 11) is 0. The van der Waals surface area contributed by atoms with Crippen molar-refractivity contribution in [2.24, 2.45) is 0 Å². The van der Waals surface area contributed by atoms with E-state index in [0.29, 0.717) is 21.9 Å². The second kappa shape index (κ2) is 10.1. The molecule has 0 saturated carbocycles. The highest BCUT2D eigenvalue weighted by Crippen LogP contribution is 2.22. The Morgan fingerprint density at radius 1 is 1.45 bits per heavy atom. The number of ether oxygens (including phenoxy) is 1. The number of nitrogens with one attached hydrogen (secondary N) is 2. The lowest BCUT2D eigenvalue weighted by molar-refractivity contribution is 0.0506. The number of aromatic nitrogens is 1. The van der Waals surface area contributed by atoms with Crippen molar-refractivity contribution in [3.05, 3.63) is 51.2 Å². The molecule has 29 heavy (non-hydrogen) atoms. The molecular weight excluding hydrogens is 456 g/mol. The molecule has 0 aromatic carbocycles. The highest BCUT2D eigenvalue weighted by Gasteiger charge is 2.28. The lowest BCUT2D eigenvalue weighted by Crippen LogP contribution is -2.40. The summed E-state index contributed by atoms with van der Waals surface area (Å²) in [6.07, 6.45) is 5.72. The van der Waals surface area contributed by atoms with Gasteiger partial charge in [-0.3, -0.25) is 4.79 Å². The van der Waals surface area contributed by atoms with Gasteiger partial charge in [-0.2, -0.15) is 0 Å². The Kier molecular flexibility index (Phi) is 8.04. The Labute approximate surface area is 184 Å². The van der Waals surface area contributed by atoms with Crippen LogP contribution in [0.5, 0.6) is 0 Å². The number of likely N-dealkylation sites (tertiary alicyclic amines) is 1. The topological polar surface area (TPSA) is 83.6 Å². The lowest BCUT2D eigenvalue weighted by Gasteiger charge is -2.25. The predicted octanol–water partition coefficient (Wildman–Crippen LogP) is 4.21. The van der Waals surface area contributed by atoms with E-state index in [1.54, 1.807) is 11.5 Å². The molecule has 2 heterocycles. The van der Waals surface area contributed by atoms with Crippen molar-refractivity contribution in [2.45, 2.75) is 45.8 Å². The number of allylic oxidation sites excluding steroid dienone is 3. The van der Waals surface area contributed by atoms with Gasteiger partial charge in [-0.05, 0) is 56.1 Å². The molecule has 0 spiro atoms. The number of halogens is 1. The molecular formula is C20H27BrN4O3S. The van der Waals surface area contributed by atoms with Crippen LogP contribution in [0.4, 0.5) is 4.79 Å². The predicted molar refractivity (Wildman–Crippen MR) is 119 cm³/mol. The van der Waals surface area contributed by atoms with E-state index in [1.807, 2.05) is 39.8 Å². The van der Waals surface area contributed by atoms with Gasteiger partial charge in [0.05, 0.1) is 17.4 Å². The first-order valence-electron chi connectivity index (χ1n) is 9.29. The first kappa shape index (κ1) is 23.2. The summed E-state index contributed by atoms with van der Waals surface area (Å²) in [6.45, 7) is 12.5. The zero-order chi connectivity index (χ0) is 21.6. The second-order valence-corrected chi connectivity index (χ2v) is 9.64. The van der Waals surface area contributed by atoms with Crippen LogP contribution in [0.25, 0.3) is 0 Å². The van der Waals surface area contributed by atoms with Crippen LogP contribution in [-0.2, 0) is 4.74 Å². The van der Waals surface area contributed by atoms with E-state index in [0.717, 1.165) is 18.7 Å². The third kappa shape index (κ3) is 7.01. The smallest absolute Gasteiger partial charge is 0.407 e. The summed E-state index contributed by atoms with van der Waals surface area (Å²) < 4.78 is 5.99. The average molecular weight is 483 g/mol. The summed E-state index contributed by atoms with van der Waals surface area (Å²) >= 11 is 4.62. The zero-order valence-electron chi connectivity index (χ0n) is 17.1. The minimum Gasteiger partial charge on any atom is -0.444 e. The molecule has 1 aromatic rings. The van der Waals surface area contributed by atoms with Crippen LogP contribution in [0.1, 0.15) is 44.6 Å². The Balaban J connectivity index is 2.05. The van der Waals surface area contributed by atoms with E-state index in [2.05, 4.69) is 43.0 Å². The molecule has 9 heteroatoms. The van der Waals surface area contributed by atoms with Crippen molar-refractivity contribution in [1.29, 1.82) is 0 Å². The van der Waals surface area contributed by atoms with Crippen LogP contribution < -0.4 is 10.6 Å². The molecule has 1 atom stereocenters. The highest BCUT2D eigenvalue weighted by atomic mass is 79.9. The molecule has 0 aliphatic carbocycles. The van der Waals surface area contributed by atoms with E-state index in [-0.39, 0.29) is 11.9 Å². The van der Waals surface area contributed by atoms with Crippen LogP contribution in [0.3, 0.4) is 0 Å². The van der Waals surface area contributed by atoms with Crippen molar-refractivity contribution in [2.75, 3.05) is 13.1 Å². The van der Waals surface area contributed by atoms with Crippen molar-refractivity contribution in [3.63, 3.8) is 0 Å². The summed E-state index contributed by atoms with van der Waals surface area (Å²) in [5, 5.41) is 7.53. The number of hydrogen-bond acceptors (Lipinski definition) is 6. The first-order valence-corrected chi connectivity index (χ1v) is 11.0. The van der Waals surface area contributed by atoms with Gasteiger partial charge in [-0.1, -0.05) is 18.7 Å². The van der Waals surface area contributed by atoms with Crippen molar-refractivity contribution in [3.8, 4) is 0 Å². The zero-order valence-corrected chi connectivity index (χ0v) is 19.5. The van der Waals surface area contributed by atoms with Crippen LogP contribution in [0.15, 0.2) is 45.5 Å². The third-order valence-corrected chi connectivity index (χ3v) is 5.41. The van der Waals surface area contributed by atoms with Gasteiger partial charge in [0.15, 0.2) is 3.92 Å². The Bertz CT molecular complexity index is 826. The van der Waals surface area contributed by atoms with Gasteiger partial charge in [0.2, 0.25) is 0 Å². The van der Waals surface area contributed by atoms with E-state index >= 15 is 0 Å². The maximum absolute atomic E-state index is 12.5. The van der Waals surface area contributed by atoms with Crippen LogP contribution in [0, 0.1) is 0 Å². The molecule has 1 aromatic heterocycles. The molecule has 1 aliphatic heterocycles. The standard InChI is InChI=1S/C20H27BrN4O3S/c1-6-8-16(14(7-2)23-17(26)15-12-29-18(21)24-15)25-10-9-13(11-25)22-19(27)28-20(3,4)5/h6-8,12-13H,1,9-11H2,2-5H3,(H,22,27)(H,23,26)/b14-7+,16-8+/t13-/m0/s1. The van der Waals surface area contributed by atoms with Crippen LogP contribution in [0.2, 0.25) is 0 Å². The van der Waals surface area contributed by atoms with E-state index in [1.165, 1.54) is 11.3 Å². The molecule has 158 valence electrons. The van der Waals surface area contributed by atoms with Gasteiger partial charge in [-0.25, -0.2) is 9.78 Å². The lowest BCUT2D eigenvalue weighted by atomic mass is 10.2. The molecule has 2 N–H and O–H groups in total. The number of carbonyl (C=O) groups excluding carboxylic acids is 2. The molecule has 0 radical (unpaired) electrons. The normalized spacial score (nSPS) is 17.8. The Morgan fingerprint density at radius 3 is 2.72 bits per heavy atom. The fourth-order valence-corrected chi connectivity index (χ4v) is 3.87. The van der Waals surface area contributed by atoms with E-state index in [4.69, 9.17) is 4.74 Å². The van der Waals surface area contributed by atoms with Gasteiger partial charge in [-0.15, -0.1) is 11.3 Å². The minimum atomic E-state index is -0.538. The van der Waals surface area contributed by atoms with Gasteiger partial charge in [0, 0.05) is 18.5 Å². The molecule has 1 fully saturated rings. The molecule has 2 rings (SSSR count). The number of amides is 2. The van der Waals surface area contributed by atoms with Gasteiger partial charge in [0.25, 0.3) is 5.91 Å². The average Bonchev–Trinajstić information content (AvgIpc) is 3.25. The number of nitrogens with zero attached hydrogens (tertiary/aromatic N) is 2. The van der Waals surface area contributed by atoms with Crippen molar-refractivity contribution >= 4 is 39.3 Å². The van der Waals surface area contributed by atoms with Crippen LogP contribution >= 0.6 is 27.3 Å². The maximum Gasteiger partial charge on any atom is 0.407 e. The molecule has 1 aliphatic rings. The fourth-order valence-electron chi connectivity index (χ4n) is 2.87. The van der Waals surface area contributed by atoms with Crippen molar-refractivity contribution < 1.29 is 14.3 Å². The van der Waals surface area contributed by atoms with Gasteiger partial charge in [0.1, 0.15) is 11.3 Å². The van der Waals surface area contributed by atoms with E-state index in [9.17, 15) is 9.59 Å². The first-order chi connectivity index (χ1) is 13.6. The highest BCUT2D eigenvalue weighted by molar-refractivity contribution is 9.11. The number of hydrogen-bond donors (Lipinski definition) is 2. The number of alkyl carbamates (subject to hydrolysis) is 1. The summed E-state index contributed by atoms with van der Waals surface area (Å²) in [4.78, 5) is 30.8. The summed E-state index contributed by atoms with van der Waals surface area (Å²) in [6, 6.07) is -0.0404. The quantitative estimate of drug-likeness (QED) is 0.593. The molecule has 0 unspecified atom stereocenters. The number of rotatable bonds is 6. The third-order valence-electron chi connectivity index (χ3n) is 4.05. The number of thiazole rings is 1. The summed E-state index contributed by atoms with van der Waals surface area (Å²) in [5.41, 5.74) is 1.31. The molecule has 0 bridgehead atoms. The van der Waals surface area contributed by atoms with Crippen LogP contribution in [-0.4, -0.2) is 46.6 Å². The maximum atomic E-state index is 12.5. The molecule has 2 amide bonds. The molecule has 7 nitrogen and oxygen atoms in total.